The molecule has 3 aliphatic rings. The summed E-state index contributed by atoms with van der Waals surface area (Å²) < 4.78 is 28.3. The summed E-state index contributed by atoms with van der Waals surface area (Å²) in [6.45, 7) is 7.74. The number of imidazole rings is 1. The van der Waals surface area contributed by atoms with Crippen LogP contribution in [-0.4, -0.2) is 72.5 Å². The van der Waals surface area contributed by atoms with E-state index in [9.17, 15) is 13.6 Å². The summed E-state index contributed by atoms with van der Waals surface area (Å²) in [5, 5.41) is 7.63. The lowest BCUT2D eigenvalue weighted by molar-refractivity contribution is -0.134. The first-order chi connectivity index (χ1) is 19.7. The molecule has 2 aliphatic carbocycles. The molecule has 4 aromatic rings. The summed E-state index contributed by atoms with van der Waals surface area (Å²) in [5.41, 5.74) is 5.72. The van der Waals surface area contributed by atoms with Crippen molar-refractivity contribution in [3.63, 3.8) is 0 Å². The number of alkyl halides is 2. The van der Waals surface area contributed by atoms with Gasteiger partial charge in [-0.3, -0.25) is 14.4 Å². The number of carbonyl (C=O) groups excluding carboxylic acids is 1. The van der Waals surface area contributed by atoms with E-state index in [4.69, 9.17) is 4.98 Å². The Morgan fingerprint density at radius 2 is 1.98 bits per heavy atom. The van der Waals surface area contributed by atoms with Gasteiger partial charge in [-0.25, -0.2) is 18.7 Å². The van der Waals surface area contributed by atoms with Crippen LogP contribution in [0.25, 0.3) is 22.2 Å². The molecule has 1 aromatic carbocycles. The highest BCUT2D eigenvalue weighted by atomic mass is 19.3. The summed E-state index contributed by atoms with van der Waals surface area (Å²) in [5.74, 6) is -1.29. The molecule has 11 heteroatoms. The minimum atomic E-state index is -2.56. The molecule has 3 fully saturated rings. The summed E-state index contributed by atoms with van der Waals surface area (Å²) in [7, 11) is 0. The number of aromatic amines is 1. The third-order valence-electron chi connectivity index (χ3n) is 8.75. The number of carbonyl (C=O) groups is 1. The Hall–Kier alpha value is -3.86. The van der Waals surface area contributed by atoms with Gasteiger partial charge in [-0.15, -0.1) is 0 Å². The van der Waals surface area contributed by atoms with Crippen LogP contribution in [0, 0.1) is 18.8 Å². The van der Waals surface area contributed by atoms with Crippen molar-refractivity contribution in [1.29, 1.82) is 0 Å². The first kappa shape index (κ1) is 26.1. The van der Waals surface area contributed by atoms with E-state index in [1.54, 1.807) is 17.1 Å². The highest BCUT2D eigenvalue weighted by Gasteiger charge is 2.56. The third kappa shape index (κ3) is 5.30. The van der Waals surface area contributed by atoms with Crippen molar-refractivity contribution in [2.24, 2.45) is 11.8 Å². The van der Waals surface area contributed by atoms with E-state index in [2.05, 4.69) is 32.2 Å². The second-order valence-electron chi connectivity index (χ2n) is 11.8. The van der Waals surface area contributed by atoms with E-state index in [1.165, 1.54) is 0 Å². The Labute approximate surface area is 237 Å². The number of hydrogen-bond donors (Lipinski definition) is 2. The van der Waals surface area contributed by atoms with Crippen LogP contribution in [0.3, 0.4) is 0 Å². The maximum atomic E-state index is 13.3. The van der Waals surface area contributed by atoms with E-state index in [0.717, 1.165) is 72.3 Å². The van der Waals surface area contributed by atoms with Gasteiger partial charge in [0.2, 0.25) is 11.9 Å². The topological polar surface area (TPSA) is 95.0 Å². The van der Waals surface area contributed by atoms with E-state index in [1.807, 2.05) is 42.3 Å². The second kappa shape index (κ2) is 9.90. The van der Waals surface area contributed by atoms with Gasteiger partial charge in [0.25, 0.3) is 5.92 Å². The zero-order valence-corrected chi connectivity index (χ0v) is 23.3. The standard InChI is InChI=1S/C30H34F2N8O/c1-18-11-25-26(13-24(18)22-15-34-40(16-22)17-23-14-30(23,31)32)36-29(35-25)37-27-12-21(5-6-33-27)19(2)38-7-9-39(10-8-38)28(41)20-3-4-20/h5-6,11-13,15-16,19-20,23H,3-4,7-10,14,17H2,1-2H3,(H2,33,35,36,37). The number of nitrogens with zero attached hydrogens (tertiary/aromatic N) is 6. The molecule has 3 aromatic heterocycles. The number of fused-ring (bicyclic) bond motifs is 1. The van der Waals surface area contributed by atoms with Crippen molar-refractivity contribution in [3.05, 3.63) is 54.0 Å². The van der Waals surface area contributed by atoms with E-state index in [-0.39, 0.29) is 24.9 Å². The number of halogens is 2. The van der Waals surface area contributed by atoms with Crippen LogP contribution in [0.4, 0.5) is 20.5 Å². The van der Waals surface area contributed by atoms with E-state index < -0.39 is 11.8 Å². The van der Waals surface area contributed by atoms with E-state index in [0.29, 0.717) is 17.7 Å². The highest BCUT2D eigenvalue weighted by molar-refractivity contribution is 5.85. The van der Waals surface area contributed by atoms with Gasteiger partial charge in [0.15, 0.2) is 0 Å². The van der Waals surface area contributed by atoms with Crippen LogP contribution in [-0.2, 0) is 11.3 Å². The van der Waals surface area contributed by atoms with Crippen LogP contribution in [0.1, 0.15) is 43.4 Å². The molecule has 41 heavy (non-hydrogen) atoms. The molecule has 214 valence electrons. The fraction of sp³-hybridized carbons (Fsp3) is 0.467. The number of H-pyrrole nitrogens is 1. The number of hydrogen-bond acceptors (Lipinski definition) is 6. The van der Waals surface area contributed by atoms with Gasteiger partial charge in [-0.1, -0.05) is 0 Å². The predicted octanol–water partition coefficient (Wildman–Crippen LogP) is 5.14. The Bertz CT molecular complexity index is 1600. The van der Waals surface area contributed by atoms with Crippen molar-refractivity contribution in [2.75, 3.05) is 31.5 Å². The molecule has 4 heterocycles. The molecular formula is C30H34F2N8O. The molecule has 2 saturated carbocycles. The normalized spacial score (nSPS) is 21.3. The van der Waals surface area contributed by atoms with Crippen molar-refractivity contribution >= 4 is 28.7 Å². The molecular weight excluding hydrogens is 526 g/mol. The number of benzene rings is 1. The van der Waals surface area contributed by atoms with Crippen LogP contribution in [0.5, 0.6) is 0 Å². The Morgan fingerprint density at radius 3 is 2.71 bits per heavy atom. The Morgan fingerprint density at radius 1 is 1.20 bits per heavy atom. The molecule has 1 aliphatic heterocycles. The second-order valence-corrected chi connectivity index (χ2v) is 11.8. The van der Waals surface area contributed by atoms with Gasteiger partial charge in [0.1, 0.15) is 5.82 Å². The summed E-state index contributed by atoms with van der Waals surface area (Å²) in [6.07, 6.45) is 7.39. The highest BCUT2D eigenvalue weighted by Crippen LogP contribution is 2.49. The van der Waals surface area contributed by atoms with Crippen molar-refractivity contribution in [1.82, 2.24) is 34.5 Å². The van der Waals surface area contributed by atoms with Crippen molar-refractivity contribution in [2.45, 2.75) is 51.6 Å². The molecule has 0 bridgehead atoms. The molecule has 2 atom stereocenters. The minimum Gasteiger partial charge on any atom is -0.340 e. The molecule has 1 saturated heterocycles. The number of pyridine rings is 1. The summed E-state index contributed by atoms with van der Waals surface area (Å²) in [4.78, 5) is 29.5. The average molecular weight is 561 g/mol. The number of rotatable bonds is 8. The molecule has 7 rings (SSSR count). The Balaban J connectivity index is 1.03. The fourth-order valence-corrected chi connectivity index (χ4v) is 5.86. The summed E-state index contributed by atoms with van der Waals surface area (Å²) >= 11 is 0. The largest absolute Gasteiger partial charge is 0.340 e. The van der Waals surface area contributed by atoms with Gasteiger partial charge in [-0.2, -0.15) is 5.10 Å². The molecule has 0 spiro atoms. The lowest BCUT2D eigenvalue weighted by Gasteiger charge is -2.38. The van der Waals surface area contributed by atoms with Crippen LogP contribution in [0.2, 0.25) is 0 Å². The minimum absolute atomic E-state index is 0.0631. The fourth-order valence-electron chi connectivity index (χ4n) is 5.86. The quantitative estimate of drug-likeness (QED) is 0.310. The smallest absolute Gasteiger partial charge is 0.253 e. The number of anilines is 2. The zero-order chi connectivity index (χ0) is 28.3. The summed E-state index contributed by atoms with van der Waals surface area (Å²) in [6, 6.07) is 8.32. The van der Waals surface area contributed by atoms with Crippen LogP contribution >= 0.6 is 0 Å². The zero-order valence-electron chi connectivity index (χ0n) is 23.3. The lowest BCUT2D eigenvalue weighted by atomic mass is 10.0. The molecule has 0 radical (unpaired) electrons. The average Bonchev–Trinajstić information content (AvgIpc) is 3.80. The van der Waals surface area contributed by atoms with Gasteiger partial charge in [0.05, 0.1) is 17.2 Å². The van der Waals surface area contributed by atoms with E-state index >= 15 is 0 Å². The third-order valence-corrected chi connectivity index (χ3v) is 8.75. The lowest BCUT2D eigenvalue weighted by Crippen LogP contribution is -2.49. The van der Waals surface area contributed by atoms with Crippen LogP contribution in [0.15, 0.2) is 42.9 Å². The van der Waals surface area contributed by atoms with Crippen LogP contribution < -0.4 is 5.32 Å². The van der Waals surface area contributed by atoms with Gasteiger partial charge in [0, 0.05) is 75.0 Å². The molecule has 1 amide bonds. The molecule has 2 unspecified atom stereocenters. The first-order valence-electron chi connectivity index (χ1n) is 14.4. The van der Waals surface area contributed by atoms with Gasteiger partial charge < -0.3 is 15.2 Å². The predicted molar refractivity (Wildman–Crippen MR) is 152 cm³/mol. The van der Waals surface area contributed by atoms with Crippen molar-refractivity contribution in [3.8, 4) is 11.1 Å². The monoisotopic (exact) mass is 560 g/mol. The Kier molecular flexibility index (Phi) is 6.29. The maximum absolute atomic E-state index is 13.3. The molecule has 2 N–H and O–H groups in total. The number of amides is 1. The number of nitrogens with one attached hydrogen (secondary N) is 2. The van der Waals surface area contributed by atoms with Crippen molar-refractivity contribution < 1.29 is 13.6 Å². The van der Waals surface area contributed by atoms with Gasteiger partial charge in [-0.05, 0) is 67.6 Å². The number of aryl methyl sites for hydroxylation is 1. The molecule has 9 nitrogen and oxygen atoms in total. The SMILES string of the molecule is Cc1cc2[nH]c(Nc3cc(C(C)N4CCN(C(=O)C5CC5)CC4)ccn3)nc2cc1-c1cnn(CC2CC2(F)F)c1. The van der Waals surface area contributed by atoms with Gasteiger partial charge >= 0.3 is 0 Å². The maximum Gasteiger partial charge on any atom is 0.253 e. The number of piperazine rings is 1. The first-order valence-corrected chi connectivity index (χ1v) is 14.4. The number of aromatic nitrogens is 5.